The van der Waals surface area contributed by atoms with Crippen molar-refractivity contribution in [2.24, 2.45) is 0 Å². The normalized spacial score (nSPS) is 11.8. The fourth-order valence-corrected chi connectivity index (χ4v) is 3.54. The van der Waals surface area contributed by atoms with Crippen molar-refractivity contribution in [2.75, 3.05) is 6.54 Å². The first-order valence-corrected chi connectivity index (χ1v) is 10.6. The molecule has 1 N–H and O–H groups in total. The van der Waals surface area contributed by atoms with Crippen molar-refractivity contribution in [3.05, 3.63) is 68.7 Å². The van der Waals surface area contributed by atoms with Crippen molar-refractivity contribution in [3.8, 4) is 0 Å². The van der Waals surface area contributed by atoms with Gasteiger partial charge in [0.15, 0.2) is 0 Å². The molecule has 0 radical (unpaired) electrons. The molecular weight excluding hydrogens is 407 g/mol. The van der Waals surface area contributed by atoms with Crippen LogP contribution in [0.5, 0.6) is 0 Å². The van der Waals surface area contributed by atoms with Crippen molar-refractivity contribution in [1.29, 1.82) is 0 Å². The molecule has 2 aromatic carbocycles. The van der Waals surface area contributed by atoms with E-state index in [-0.39, 0.29) is 24.8 Å². The van der Waals surface area contributed by atoms with Crippen molar-refractivity contribution in [3.63, 3.8) is 0 Å². The van der Waals surface area contributed by atoms with E-state index in [2.05, 4.69) is 5.32 Å². The molecule has 0 aromatic heterocycles. The summed E-state index contributed by atoms with van der Waals surface area (Å²) in [5.41, 5.74) is 3.86. The SMILES string of the molecule is CCCNC(=O)C(C)N(Cc1ccc(Cl)cc1Cl)C(=O)Cc1cc(C)ccc1C. The second-order valence-electron chi connectivity index (χ2n) is 7.33. The Hall–Kier alpha value is -2.04. The lowest BCUT2D eigenvalue weighted by molar-refractivity contribution is -0.140. The number of carbonyl (C=O) groups is 2. The number of amides is 2. The van der Waals surface area contributed by atoms with E-state index in [0.717, 1.165) is 28.7 Å². The molecule has 1 atom stereocenters. The maximum atomic E-state index is 13.3. The molecule has 2 amide bonds. The fourth-order valence-electron chi connectivity index (χ4n) is 3.07. The third kappa shape index (κ3) is 6.48. The number of halogens is 2. The van der Waals surface area contributed by atoms with Gasteiger partial charge in [0.2, 0.25) is 11.8 Å². The van der Waals surface area contributed by atoms with E-state index in [1.54, 1.807) is 30.0 Å². The lowest BCUT2D eigenvalue weighted by Gasteiger charge is -2.29. The second-order valence-corrected chi connectivity index (χ2v) is 8.17. The number of rotatable bonds is 8. The van der Waals surface area contributed by atoms with Crippen LogP contribution >= 0.6 is 23.2 Å². The van der Waals surface area contributed by atoms with Gasteiger partial charge in [-0.15, -0.1) is 0 Å². The number of hydrogen-bond acceptors (Lipinski definition) is 2. The minimum Gasteiger partial charge on any atom is -0.354 e. The van der Waals surface area contributed by atoms with Gasteiger partial charge in [0, 0.05) is 23.1 Å². The van der Waals surface area contributed by atoms with Crippen molar-refractivity contribution < 1.29 is 9.59 Å². The number of nitrogens with zero attached hydrogens (tertiary/aromatic N) is 1. The molecule has 4 nitrogen and oxygen atoms in total. The molecule has 2 aromatic rings. The largest absolute Gasteiger partial charge is 0.354 e. The molecule has 0 bridgehead atoms. The monoisotopic (exact) mass is 434 g/mol. The van der Waals surface area contributed by atoms with Crippen LogP contribution in [0, 0.1) is 13.8 Å². The van der Waals surface area contributed by atoms with E-state index in [1.165, 1.54) is 0 Å². The smallest absolute Gasteiger partial charge is 0.242 e. The molecule has 0 fully saturated rings. The number of benzene rings is 2. The van der Waals surface area contributed by atoms with Gasteiger partial charge in [-0.1, -0.05) is 60.0 Å². The van der Waals surface area contributed by atoms with E-state index in [0.29, 0.717) is 16.6 Å². The molecule has 0 aliphatic rings. The van der Waals surface area contributed by atoms with Crippen LogP contribution in [0.15, 0.2) is 36.4 Å². The molecule has 0 saturated carbocycles. The zero-order valence-corrected chi connectivity index (χ0v) is 18.9. The lowest BCUT2D eigenvalue weighted by atomic mass is 10.0. The molecule has 2 rings (SSSR count). The molecule has 29 heavy (non-hydrogen) atoms. The van der Waals surface area contributed by atoms with Gasteiger partial charge < -0.3 is 10.2 Å². The standard InChI is InChI=1S/C23H28Cl2N2O2/c1-5-10-26-23(29)17(4)27(14-18-8-9-20(24)13-21(18)25)22(28)12-19-11-15(2)6-7-16(19)3/h6-9,11,13,17H,5,10,12,14H2,1-4H3,(H,26,29). The van der Waals surface area contributed by atoms with E-state index in [9.17, 15) is 9.59 Å². The molecule has 0 saturated heterocycles. The van der Waals surface area contributed by atoms with Crippen LogP contribution in [0.4, 0.5) is 0 Å². The summed E-state index contributed by atoms with van der Waals surface area (Å²) in [4.78, 5) is 27.4. The van der Waals surface area contributed by atoms with Gasteiger partial charge in [-0.05, 0) is 56.0 Å². The van der Waals surface area contributed by atoms with Crippen LogP contribution in [-0.2, 0) is 22.6 Å². The molecule has 156 valence electrons. The van der Waals surface area contributed by atoms with Crippen LogP contribution in [-0.4, -0.2) is 29.3 Å². The number of carbonyl (C=O) groups excluding carboxylic acids is 2. The zero-order valence-electron chi connectivity index (χ0n) is 17.4. The van der Waals surface area contributed by atoms with Gasteiger partial charge in [-0.25, -0.2) is 0 Å². The van der Waals surface area contributed by atoms with E-state index in [1.807, 2.05) is 39.0 Å². The molecule has 0 aliphatic carbocycles. The molecule has 6 heteroatoms. The Morgan fingerprint density at radius 2 is 1.79 bits per heavy atom. The van der Waals surface area contributed by atoms with Gasteiger partial charge >= 0.3 is 0 Å². The first-order valence-electron chi connectivity index (χ1n) is 9.80. The Labute approximate surface area is 183 Å². The summed E-state index contributed by atoms with van der Waals surface area (Å²) in [5.74, 6) is -0.296. The van der Waals surface area contributed by atoms with Crippen LogP contribution in [0.3, 0.4) is 0 Å². The number of aryl methyl sites for hydroxylation is 2. The van der Waals surface area contributed by atoms with Crippen LogP contribution in [0.1, 0.15) is 42.5 Å². The predicted octanol–water partition coefficient (Wildman–Crippen LogP) is 5.10. The quantitative estimate of drug-likeness (QED) is 0.628. The van der Waals surface area contributed by atoms with Gasteiger partial charge in [0.1, 0.15) is 6.04 Å². The van der Waals surface area contributed by atoms with Gasteiger partial charge in [-0.2, -0.15) is 0 Å². The van der Waals surface area contributed by atoms with Gasteiger partial charge in [-0.3, -0.25) is 9.59 Å². The summed E-state index contributed by atoms with van der Waals surface area (Å²) in [6.07, 6.45) is 1.06. The summed E-state index contributed by atoms with van der Waals surface area (Å²) in [7, 11) is 0. The average Bonchev–Trinajstić information content (AvgIpc) is 2.67. The van der Waals surface area contributed by atoms with Crippen LogP contribution < -0.4 is 5.32 Å². The Kier molecular flexibility index (Phi) is 8.54. The summed E-state index contributed by atoms with van der Waals surface area (Å²) in [6.45, 7) is 8.53. The molecule has 0 spiro atoms. The highest BCUT2D eigenvalue weighted by molar-refractivity contribution is 6.35. The van der Waals surface area contributed by atoms with Crippen molar-refractivity contribution >= 4 is 35.0 Å². The molecular formula is C23H28Cl2N2O2. The minimum atomic E-state index is -0.620. The molecule has 0 heterocycles. The Bertz CT molecular complexity index is 883. The molecule has 0 aliphatic heterocycles. The number of nitrogens with one attached hydrogen (secondary N) is 1. The average molecular weight is 435 g/mol. The lowest BCUT2D eigenvalue weighted by Crippen LogP contribution is -2.48. The van der Waals surface area contributed by atoms with Crippen molar-refractivity contribution in [2.45, 2.75) is 53.1 Å². The first kappa shape index (κ1) is 23.2. The summed E-state index contributed by atoms with van der Waals surface area (Å²) >= 11 is 12.3. The number of hydrogen-bond donors (Lipinski definition) is 1. The van der Waals surface area contributed by atoms with Crippen LogP contribution in [0.2, 0.25) is 10.0 Å². The Morgan fingerprint density at radius 1 is 1.07 bits per heavy atom. The fraction of sp³-hybridized carbons (Fsp3) is 0.391. The highest BCUT2D eigenvalue weighted by atomic mass is 35.5. The first-order chi connectivity index (χ1) is 13.7. The zero-order chi connectivity index (χ0) is 21.6. The minimum absolute atomic E-state index is 0.121. The maximum Gasteiger partial charge on any atom is 0.242 e. The summed E-state index contributed by atoms with van der Waals surface area (Å²) in [6, 6.07) is 10.6. The van der Waals surface area contributed by atoms with Gasteiger partial charge in [0.25, 0.3) is 0 Å². The Morgan fingerprint density at radius 3 is 2.45 bits per heavy atom. The van der Waals surface area contributed by atoms with Crippen molar-refractivity contribution in [1.82, 2.24) is 10.2 Å². The van der Waals surface area contributed by atoms with E-state index >= 15 is 0 Å². The van der Waals surface area contributed by atoms with Gasteiger partial charge in [0.05, 0.1) is 6.42 Å². The third-order valence-electron chi connectivity index (χ3n) is 4.92. The Balaban J connectivity index is 2.30. The van der Waals surface area contributed by atoms with E-state index < -0.39 is 6.04 Å². The maximum absolute atomic E-state index is 13.3. The van der Waals surface area contributed by atoms with E-state index in [4.69, 9.17) is 23.2 Å². The molecule has 1 unspecified atom stereocenters. The summed E-state index contributed by atoms with van der Waals surface area (Å²) in [5, 5.41) is 3.88. The third-order valence-corrected chi connectivity index (χ3v) is 5.51. The highest BCUT2D eigenvalue weighted by Crippen LogP contribution is 2.24. The predicted molar refractivity (Wildman–Crippen MR) is 119 cm³/mol. The summed E-state index contributed by atoms with van der Waals surface area (Å²) < 4.78 is 0. The van der Waals surface area contributed by atoms with Crippen LogP contribution in [0.25, 0.3) is 0 Å². The second kappa shape index (κ2) is 10.7. The topological polar surface area (TPSA) is 49.4 Å². The highest BCUT2D eigenvalue weighted by Gasteiger charge is 2.27.